The van der Waals surface area contributed by atoms with Crippen LogP contribution in [-0.2, 0) is 4.79 Å². The van der Waals surface area contributed by atoms with Gasteiger partial charge in [0, 0.05) is 12.6 Å². The van der Waals surface area contributed by atoms with E-state index in [0.29, 0.717) is 18.9 Å². The largest absolute Gasteiger partial charge is 0.494 e. The van der Waals surface area contributed by atoms with Gasteiger partial charge in [0.05, 0.1) is 12.9 Å². The highest BCUT2D eigenvalue weighted by Gasteiger charge is 1.97. The summed E-state index contributed by atoms with van der Waals surface area (Å²) in [6, 6.07) is 11.5. The Hall–Kier alpha value is -2.49. The second-order valence-corrected chi connectivity index (χ2v) is 4.66. The normalized spacial score (nSPS) is 10.7. The molecular weight excluding hydrogens is 266 g/mol. The van der Waals surface area contributed by atoms with Crippen molar-refractivity contribution >= 4 is 12.0 Å². The SMILES string of the molecule is Cc1cccc(OCCCNC(=O)/C=C/c2ccco2)c1. The zero-order valence-corrected chi connectivity index (χ0v) is 12.0. The van der Waals surface area contributed by atoms with Crippen molar-refractivity contribution in [2.45, 2.75) is 13.3 Å². The summed E-state index contributed by atoms with van der Waals surface area (Å²) in [5.41, 5.74) is 1.17. The van der Waals surface area contributed by atoms with E-state index in [1.165, 1.54) is 11.6 Å². The molecule has 1 N–H and O–H groups in total. The van der Waals surface area contributed by atoms with Crippen LogP contribution in [0.3, 0.4) is 0 Å². The molecule has 0 bridgehead atoms. The summed E-state index contributed by atoms with van der Waals surface area (Å²) in [4.78, 5) is 11.5. The van der Waals surface area contributed by atoms with Gasteiger partial charge in [-0.05, 0) is 49.2 Å². The molecule has 0 aliphatic heterocycles. The Bertz CT molecular complexity index is 588. The number of benzene rings is 1. The molecule has 0 saturated carbocycles. The third kappa shape index (κ3) is 5.57. The molecule has 0 atom stereocenters. The lowest BCUT2D eigenvalue weighted by atomic mass is 10.2. The fourth-order valence-corrected chi connectivity index (χ4v) is 1.78. The molecule has 0 spiro atoms. The van der Waals surface area contributed by atoms with Gasteiger partial charge < -0.3 is 14.5 Å². The standard InChI is InChI=1S/C17H19NO3/c1-14-5-2-6-16(13-14)21-12-4-10-18-17(19)9-8-15-7-3-11-20-15/h2-3,5-9,11,13H,4,10,12H2,1H3,(H,18,19)/b9-8+. The molecule has 2 aromatic rings. The van der Waals surface area contributed by atoms with Crippen LogP contribution in [0.15, 0.2) is 53.2 Å². The summed E-state index contributed by atoms with van der Waals surface area (Å²) in [6.07, 6.45) is 5.42. The average Bonchev–Trinajstić information content (AvgIpc) is 2.98. The molecule has 0 saturated heterocycles. The summed E-state index contributed by atoms with van der Waals surface area (Å²) in [5, 5.41) is 2.80. The Balaban J connectivity index is 1.60. The maximum Gasteiger partial charge on any atom is 0.244 e. The summed E-state index contributed by atoms with van der Waals surface area (Å²) in [6.45, 7) is 3.18. The first-order chi connectivity index (χ1) is 10.2. The molecule has 1 heterocycles. The van der Waals surface area contributed by atoms with Crippen LogP contribution in [-0.4, -0.2) is 19.1 Å². The van der Waals surface area contributed by atoms with Crippen LogP contribution in [0.4, 0.5) is 0 Å². The third-order valence-corrected chi connectivity index (χ3v) is 2.82. The van der Waals surface area contributed by atoms with Crippen molar-refractivity contribution in [3.63, 3.8) is 0 Å². The average molecular weight is 285 g/mol. The molecule has 1 aromatic heterocycles. The van der Waals surface area contributed by atoms with E-state index in [-0.39, 0.29) is 5.91 Å². The van der Waals surface area contributed by atoms with Gasteiger partial charge >= 0.3 is 0 Å². The van der Waals surface area contributed by atoms with Gasteiger partial charge in [0.25, 0.3) is 0 Å². The predicted octanol–water partition coefficient (Wildman–Crippen LogP) is 3.19. The van der Waals surface area contributed by atoms with E-state index in [1.807, 2.05) is 31.2 Å². The molecule has 0 aliphatic carbocycles. The second kappa shape index (κ2) is 7.94. The van der Waals surface area contributed by atoms with Crippen LogP contribution in [0.25, 0.3) is 6.08 Å². The minimum absolute atomic E-state index is 0.137. The number of hydrogen-bond acceptors (Lipinski definition) is 3. The molecular formula is C17H19NO3. The topological polar surface area (TPSA) is 51.5 Å². The Labute approximate surface area is 124 Å². The van der Waals surface area contributed by atoms with Gasteiger partial charge in [0.2, 0.25) is 5.91 Å². The first-order valence-corrected chi connectivity index (χ1v) is 6.93. The van der Waals surface area contributed by atoms with Gasteiger partial charge in [-0.1, -0.05) is 12.1 Å². The maximum atomic E-state index is 11.5. The van der Waals surface area contributed by atoms with Gasteiger partial charge in [0.1, 0.15) is 11.5 Å². The Kier molecular flexibility index (Phi) is 5.64. The third-order valence-electron chi connectivity index (χ3n) is 2.82. The van der Waals surface area contributed by atoms with E-state index in [4.69, 9.17) is 9.15 Å². The fourth-order valence-electron chi connectivity index (χ4n) is 1.78. The number of aryl methyl sites for hydroxylation is 1. The highest BCUT2D eigenvalue weighted by molar-refractivity contribution is 5.91. The monoisotopic (exact) mass is 285 g/mol. The van der Waals surface area contributed by atoms with Gasteiger partial charge in [-0.25, -0.2) is 0 Å². The van der Waals surface area contributed by atoms with Crippen LogP contribution in [0.5, 0.6) is 5.75 Å². The molecule has 0 radical (unpaired) electrons. The lowest BCUT2D eigenvalue weighted by Gasteiger charge is -2.07. The van der Waals surface area contributed by atoms with Crippen LogP contribution in [0.1, 0.15) is 17.7 Å². The van der Waals surface area contributed by atoms with Crippen molar-refractivity contribution in [2.75, 3.05) is 13.2 Å². The van der Waals surface area contributed by atoms with E-state index in [0.717, 1.165) is 12.2 Å². The van der Waals surface area contributed by atoms with Crippen molar-refractivity contribution in [1.29, 1.82) is 0 Å². The number of amides is 1. The summed E-state index contributed by atoms with van der Waals surface area (Å²) in [5.74, 6) is 1.38. The summed E-state index contributed by atoms with van der Waals surface area (Å²) >= 11 is 0. The highest BCUT2D eigenvalue weighted by Crippen LogP contribution is 2.12. The van der Waals surface area contributed by atoms with E-state index in [1.54, 1.807) is 24.5 Å². The van der Waals surface area contributed by atoms with Gasteiger partial charge in [-0.3, -0.25) is 4.79 Å². The Morgan fingerprint density at radius 2 is 2.24 bits per heavy atom. The number of hydrogen-bond donors (Lipinski definition) is 1. The fraction of sp³-hybridized carbons (Fsp3) is 0.235. The molecule has 0 aliphatic rings. The zero-order chi connectivity index (χ0) is 14.9. The van der Waals surface area contributed by atoms with Gasteiger partial charge in [-0.15, -0.1) is 0 Å². The van der Waals surface area contributed by atoms with E-state index in [2.05, 4.69) is 5.32 Å². The first kappa shape index (κ1) is 14.9. The van der Waals surface area contributed by atoms with Gasteiger partial charge in [0.15, 0.2) is 0 Å². The number of nitrogens with one attached hydrogen (secondary N) is 1. The quantitative estimate of drug-likeness (QED) is 0.628. The predicted molar refractivity (Wildman–Crippen MR) is 82.0 cm³/mol. The minimum Gasteiger partial charge on any atom is -0.494 e. The maximum absolute atomic E-state index is 11.5. The van der Waals surface area contributed by atoms with Crippen LogP contribution >= 0.6 is 0 Å². The van der Waals surface area contributed by atoms with Crippen molar-refractivity contribution in [2.24, 2.45) is 0 Å². The number of carbonyl (C=O) groups excluding carboxylic acids is 1. The van der Waals surface area contributed by atoms with Crippen LogP contribution < -0.4 is 10.1 Å². The van der Waals surface area contributed by atoms with E-state index < -0.39 is 0 Å². The molecule has 1 aromatic carbocycles. The molecule has 1 amide bonds. The summed E-state index contributed by atoms with van der Waals surface area (Å²) < 4.78 is 10.7. The molecule has 4 nitrogen and oxygen atoms in total. The van der Waals surface area contributed by atoms with Gasteiger partial charge in [-0.2, -0.15) is 0 Å². The minimum atomic E-state index is -0.137. The van der Waals surface area contributed by atoms with Crippen molar-refractivity contribution in [3.8, 4) is 5.75 Å². The van der Waals surface area contributed by atoms with Crippen molar-refractivity contribution in [3.05, 3.63) is 60.1 Å². The van der Waals surface area contributed by atoms with Crippen LogP contribution in [0, 0.1) is 6.92 Å². The Morgan fingerprint density at radius 3 is 3.00 bits per heavy atom. The van der Waals surface area contributed by atoms with Crippen LogP contribution in [0.2, 0.25) is 0 Å². The Morgan fingerprint density at radius 1 is 1.33 bits per heavy atom. The number of furan rings is 1. The number of carbonyl (C=O) groups is 1. The lowest BCUT2D eigenvalue weighted by molar-refractivity contribution is -0.116. The summed E-state index contributed by atoms with van der Waals surface area (Å²) in [7, 11) is 0. The first-order valence-electron chi connectivity index (χ1n) is 6.93. The number of rotatable bonds is 7. The molecule has 0 fully saturated rings. The second-order valence-electron chi connectivity index (χ2n) is 4.66. The van der Waals surface area contributed by atoms with E-state index >= 15 is 0 Å². The van der Waals surface area contributed by atoms with E-state index in [9.17, 15) is 4.79 Å². The lowest BCUT2D eigenvalue weighted by Crippen LogP contribution is -2.23. The van der Waals surface area contributed by atoms with Crippen molar-refractivity contribution < 1.29 is 13.9 Å². The molecule has 21 heavy (non-hydrogen) atoms. The van der Waals surface area contributed by atoms with Crippen molar-refractivity contribution in [1.82, 2.24) is 5.32 Å². The molecule has 2 rings (SSSR count). The zero-order valence-electron chi connectivity index (χ0n) is 12.0. The smallest absolute Gasteiger partial charge is 0.244 e. The highest BCUT2D eigenvalue weighted by atomic mass is 16.5. The molecule has 0 unspecified atom stereocenters. The molecule has 110 valence electrons. The molecule has 4 heteroatoms. The number of ether oxygens (including phenoxy) is 1.